The molecule has 7 heteroatoms. The normalized spacial score (nSPS) is 20.2. The minimum absolute atomic E-state index is 0.0661. The molecular weight excluding hydrogens is 484 g/mol. The summed E-state index contributed by atoms with van der Waals surface area (Å²) in [7, 11) is 0. The van der Waals surface area contributed by atoms with Crippen molar-refractivity contribution in [2.75, 3.05) is 31.1 Å². The molecule has 0 unspecified atom stereocenters. The first-order chi connectivity index (χ1) is 18.0. The van der Waals surface area contributed by atoms with Crippen LogP contribution in [-0.4, -0.2) is 47.9 Å². The van der Waals surface area contributed by atoms with Gasteiger partial charge in [0.2, 0.25) is 0 Å². The number of amides is 2. The maximum Gasteiger partial charge on any atom is 0.253 e. The number of rotatable bonds is 4. The van der Waals surface area contributed by atoms with E-state index in [0.29, 0.717) is 10.6 Å². The quantitative estimate of drug-likeness (QED) is 0.514. The highest BCUT2D eigenvalue weighted by Gasteiger charge is 2.42. The van der Waals surface area contributed by atoms with Crippen LogP contribution in [0.1, 0.15) is 63.6 Å². The largest absolute Gasteiger partial charge is 0.371 e. The molecule has 2 fully saturated rings. The second-order valence-electron chi connectivity index (χ2n) is 10.6. The van der Waals surface area contributed by atoms with Crippen LogP contribution in [0, 0.1) is 5.41 Å². The van der Waals surface area contributed by atoms with E-state index in [0.717, 1.165) is 75.0 Å². The van der Waals surface area contributed by atoms with Gasteiger partial charge in [-0.2, -0.15) is 0 Å². The number of carbonyl (C=O) groups is 2. The summed E-state index contributed by atoms with van der Waals surface area (Å²) in [5, 5.41) is 3.57. The molecule has 6 nitrogen and oxygen atoms in total. The van der Waals surface area contributed by atoms with E-state index in [1.165, 1.54) is 5.69 Å². The Hall–Kier alpha value is -3.38. The molecule has 1 spiro atoms. The molecule has 1 aromatic heterocycles. The van der Waals surface area contributed by atoms with Crippen LogP contribution in [-0.2, 0) is 6.42 Å². The Morgan fingerprint density at radius 3 is 2.51 bits per heavy atom. The minimum Gasteiger partial charge on any atom is -0.371 e. The Labute approximate surface area is 222 Å². The number of aryl methyl sites for hydroxylation is 1. The molecule has 2 saturated heterocycles. The Kier molecular flexibility index (Phi) is 6.37. The van der Waals surface area contributed by atoms with Crippen LogP contribution < -0.4 is 10.2 Å². The molecule has 2 aromatic carbocycles. The third-order valence-corrected chi connectivity index (χ3v) is 8.80. The van der Waals surface area contributed by atoms with Crippen molar-refractivity contribution in [2.24, 2.45) is 5.41 Å². The maximum atomic E-state index is 13.5. The lowest BCUT2D eigenvalue weighted by Gasteiger charge is -2.40. The van der Waals surface area contributed by atoms with Gasteiger partial charge in [-0.05, 0) is 85.0 Å². The first kappa shape index (κ1) is 24.0. The third-order valence-electron chi connectivity index (χ3n) is 8.47. The van der Waals surface area contributed by atoms with Crippen molar-refractivity contribution in [3.8, 4) is 0 Å². The Morgan fingerprint density at radius 2 is 1.73 bits per heavy atom. The number of aromatic nitrogens is 1. The molecule has 1 N–H and O–H groups in total. The molecule has 190 valence electrons. The number of nitrogens with zero attached hydrogens (tertiary/aromatic N) is 3. The van der Waals surface area contributed by atoms with Crippen LogP contribution in [0.3, 0.4) is 0 Å². The van der Waals surface area contributed by atoms with E-state index in [9.17, 15) is 9.59 Å². The predicted octanol–water partition coefficient (Wildman–Crippen LogP) is 5.29. The zero-order chi connectivity index (χ0) is 25.4. The number of fused-ring (bicyclic) bond motifs is 1. The molecule has 3 aromatic rings. The number of halogens is 1. The van der Waals surface area contributed by atoms with E-state index >= 15 is 0 Å². The van der Waals surface area contributed by atoms with Gasteiger partial charge >= 0.3 is 0 Å². The van der Waals surface area contributed by atoms with Gasteiger partial charge < -0.3 is 15.1 Å². The van der Waals surface area contributed by atoms with Gasteiger partial charge in [0.15, 0.2) is 0 Å². The molecule has 0 bridgehead atoms. The summed E-state index contributed by atoms with van der Waals surface area (Å²) < 4.78 is 0. The fraction of sp³-hybridized carbons (Fsp3) is 0.367. The average molecular weight is 515 g/mol. The highest BCUT2D eigenvalue weighted by Crippen LogP contribution is 2.42. The molecule has 2 amide bonds. The fourth-order valence-corrected chi connectivity index (χ4v) is 6.50. The standard InChI is InChI=1S/C30H31ClN4O2/c31-26-4-2-1-3-25(26)28(36)33-27-8-6-21-19-22(5-7-24(21)27)29(37)35-18-13-30(20-35)11-16-34(17-12-30)23-9-14-32-15-10-23/h1-5,7,9-10,14-15,19,27H,6,8,11-13,16-18,20H2,(H,33,36)/t27-/m1/s1. The van der Waals surface area contributed by atoms with Crippen LogP contribution >= 0.6 is 11.6 Å². The molecule has 0 radical (unpaired) electrons. The molecule has 6 rings (SSSR count). The zero-order valence-electron chi connectivity index (χ0n) is 20.8. The van der Waals surface area contributed by atoms with Crippen molar-refractivity contribution < 1.29 is 9.59 Å². The zero-order valence-corrected chi connectivity index (χ0v) is 21.6. The number of hydrogen-bond donors (Lipinski definition) is 1. The predicted molar refractivity (Wildman–Crippen MR) is 145 cm³/mol. The van der Waals surface area contributed by atoms with Gasteiger partial charge in [0.25, 0.3) is 11.8 Å². The van der Waals surface area contributed by atoms with Crippen molar-refractivity contribution in [3.05, 3.63) is 94.3 Å². The fourth-order valence-electron chi connectivity index (χ4n) is 6.28. The van der Waals surface area contributed by atoms with Gasteiger partial charge in [-0.15, -0.1) is 0 Å². The van der Waals surface area contributed by atoms with Crippen molar-refractivity contribution in [1.82, 2.24) is 15.2 Å². The number of piperidine rings is 1. The summed E-state index contributed by atoms with van der Waals surface area (Å²) >= 11 is 6.20. The summed E-state index contributed by atoms with van der Waals surface area (Å²) in [4.78, 5) is 34.8. The van der Waals surface area contributed by atoms with E-state index in [1.54, 1.807) is 12.1 Å². The van der Waals surface area contributed by atoms with Crippen molar-refractivity contribution in [3.63, 3.8) is 0 Å². The molecule has 3 aliphatic rings. The Morgan fingerprint density at radius 1 is 0.973 bits per heavy atom. The SMILES string of the molecule is O=C(N[C@@H]1CCc2cc(C(=O)N3CCC4(CCN(c5ccncc5)CC4)C3)ccc21)c1ccccc1Cl. The average Bonchev–Trinajstić information content (AvgIpc) is 3.53. The highest BCUT2D eigenvalue weighted by molar-refractivity contribution is 6.33. The lowest BCUT2D eigenvalue weighted by molar-refractivity contribution is 0.0764. The number of nitrogens with one attached hydrogen (secondary N) is 1. The second kappa shape index (κ2) is 9.82. The second-order valence-corrected chi connectivity index (χ2v) is 11.0. The van der Waals surface area contributed by atoms with Crippen LogP contribution in [0.5, 0.6) is 0 Å². The first-order valence-corrected chi connectivity index (χ1v) is 13.5. The van der Waals surface area contributed by atoms with E-state index in [2.05, 4.69) is 32.2 Å². The van der Waals surface area contributed by atoms with E-state index < -0.39 is 0 Å². The lowest BCUT2D eigenvalue weighted by atomic mass is 9.77. The molecule has 0 saturated carbocycles. The summed E-state index contributed by atoms with van der Waals surface area (Å²) in [5.74, 6) is -0.0410. The van der Waals surface area contributed by atoms with E-state index in [4.69, 9.17) is 11.6 Å². The monoisotopic (exact) mass is 514 g/mol. The topological polar surface area (TPSA) is 65.5 Å². The number of pyridine rings is 1. The van der Waals surface area contributed by atoms with Crippen LogP contribution in [0.4, 0.5) is 5.69 Å². The maximum absolute atomic E-state index is 13.5. The van der Waals surface area contributed by atoms with Gasteiger partial charge in [-0.25, -0.2) is 0 Å². The van der Waals surface area contributed by atoms with Gasteiger partial charge in [-0.3, -0.25) is 14.6 Å². The van der Waals surface area contributed by atoms with Crippen LogP contribution in [0.2, 0.25) is 5.02 Å². The summed E-state index contributed by atoms with van der Waals surface area (Å²) in [5.41, 5.74) is 4.94. The first-order valence-electron chi connectivity index (χ1n) is 13.1. The molecular formula is C30H31ClN4O2. The molecule has 37 heavy (non-hydrogen) atoms. The lowest BCUT2D eigenvalue weighted by Crippen LogP contribution is -2.42. The van der Waals surface area contributed by atoms with Crippen LogP contribution in [0.15, 0.2) is 67.0 Å². The number of anilines is 1. The van der Waals surface area contributed by atoms with E-state index in [-0.39, 0.29) is 23.3 Å². The molecule has 1 aliphatic carbocycles. The number of likely N-dealkylation sites (tertiary alicyclic amines) is 1. The van der Waals surface area contributed by atoms with E-state index in [1.807, 2.05) is 42.7 Å². The highest BCUT2D eigenvalue weighted by atomic mass is 35.5. The van der Waals surface area contributed by atoms with Gasteiger partial charge in [0.1, 0.15) is 0 Å². The molecule has 1 atom stereocenters. The Balaban J connectivity index is 1.09. The van der Waals surface area contributed by atoms with Gasteiger partial charge in [0, 0.05) is 49.8 Å². The smallest absolute Gasteiger partial charge is 0.253 e. The summed E-state index contributed by atoms with van der Waals surface area (Å²) in [6.45, 7) is 3.70. The van der Waals surface area contributed by atoms with Gasteiger partial charge in [-0.1, -0.05) is 29.8 Å². The Bertz CT molecular complexity index is 1320. The number of benzene rings is 2. The molecule has 3 heterocycles. The summed E-state index contributed by atoms with van der Waals surface area (Å²) in [6.07, 6.45) is 8.65. The third kappa shape index (κ3) is 4.71. The van der Waals surface area contributed by atoms with Crippen molar-refractivity contribution in [2.45, 2.75) is 38.1 Å². The van der Waals surface area contributed by atoms with Crippen molar-refractivity contribution >= 4 is 29.1 Å². The minimum atomic E-state index is -0.166. The number of carbonyl (C=O) groups excluding carboxylic acids is 2. The number of hydrogen-bond acceptors (Lipinski definition) is 4. The van der Waals surface area contributed by atoms with Gasteiger partial charge in [0.05, 0.1) is 16.6 Å². The van der Waals surface area contributed by atoms with Crippen molar-refractivity contribution in [1.29, 1.82) is 0 Å². The summed E-state index contributed by atoms with van der Waals surface area (Å²) in [6, 6.07) is 17.2. The van der Waals surface area contributed by atoms with Crippen LogP contribution in [0.25, 0.3) is 0 Å². The molecule has 2 aliphatic heterocycles.